The molecule has 6 nitrogen and oxygen atoms in total. The average molecular weight is 306 g/mol. The Labute approximate surface area is 130 Å². The fourth-order valence-corrected chi connectivity index (χ4v) is 2.69. The minimum absolute atomic E-state index is 0.0559. The molecule has 0 saturated heterocycles. The molecule has 22 heavy (non-hydrogen) atoms. The van der Waals surface area contributed by atoms with Crippen LogP contribution in [0.1, 0.15) is 30.1 Å². The van der Waals surface area contributed by atoms with Gasteiger partial charge in [-0.15, -0.1) is 0 Å². The Balaban J connectivity index is 1.81. The number of likely N-dealkylation sites (N-methyl/N-ethyl adjacent to an activating group) is 1. The summed E-state index contributed by atoms with van der Waals surface area (Å²) in [5.74, 6) is -0.201. The number of aliphatic carboxylic acids is 1. The predicted molar refractivity (Wildman–Crippen MR) is 82.2 cm³/mol. The molecule has 2 N–H and O–H groups in total. The third-order valence-corrected chi connectivity index (χ3v) is 4.06. The molecule has 1 fully saturated rings. The molecule has 1 aliphatic carbocycles. The van der Waals surface area contributed by atoms with E-state index in [1.807, 2.05) is 11.8 Å². The highest BCUT2D eigenvalue weighted by Crippen LogP contribution is 2.26. The smallest absolute Gasteiger partial charge is 0.317 e. The Morgan fingerprint density at radius 1 is 1.32 bits per heavy atom. The molecule has 0 spiro atoms. The summed E-state index contributed by atoms with van der Waals surface area (Å²) in [5.41, 5.74) is 0.599. The number of nitrogens with one attached hydrogen (secondary N) is 1. The number of hydrogen-bond donors (Lipinski definition) is 2. The van der Waals surface area contributed by atoms with Gasteiger partial charge in [-0.1, -0.05) is 6.92 Å². The zero-order valence-corrected chi connectivity index (χ0v) is 12.9. The van der Waals surface area contributed by atoms with Crippen molar-refractivity contribution in [1.82, 2.24) is 10.2 Å². The Kier molecular flexibility index (Phi) is 5.38. The molecular formula is C16H22N2O4. The first-order chi connectivity index (χ1) is 10.5. The molecular weight excluding hydrogens is 284 g/mol. The quantitative estimate of drug-likeness (QED) is 0.795. The molecule has 6 heteroatoms. The molecule has 1 aromatic carbocycles. The van der Waals surface area contributed by atoms with Gasteiger partial charge in [0.15, 0.2) is 0 Å². The van der Waals surface area contributed by atoms with Crippen molar-refractivity contribution in [1.29, 1.82) is 0 Å². The van der Waals surface area contributed by atoms with Gasteiger partial charge in [-0.25, -0.2) is 0 Å². The van der Waals surface area contributed by atoms with E-state index >= 15 is 0 Å². The number of carboxylic acid groups (broad SMARTS) is 1. The number of benzene rings is 1. The standard InChI is InChI=1S/C16H22N2O4/c1-3-18(10-15(19)20)13-8-12(9-13)17-16(21)11-4-6-14(22-2)7-5-11/h4-7,12-13H,3,8-10H2,1-2H3,(H,17,21)(H,19,20). The van der Waals surface area contributed by atoms with Crippen LogP contribution in [-0.2, 0) is 4.79 Å². The number of hydrogen-bond acceptors (Lipinski definition) is 4. The maximum atomic E-state index is 12.1. The first-order valence-corrected chi connectivity index (χ1v) is 7.44. The summed E-state index contributed by atoms with van der Waals surface area (Å²) in [7, 11) is 1.58. The molecule has 1 aromatic rings. The largest absolute Gasteiger partial charge is 0.497 e. The monoisotopic (exact) mass is 306 g/mol. The normalized spacial score (nSPS) is 20.3. The summed E-state index contributed by atoms with van der Waals surface area (Å²) < 4.78 is 5.06. The summed E-state index contributed by atoms with van der Waals surface area (Å²) in [6, 6.07) is 7.32. The zero-order valence-electron chi connectivity index (χ0n) is 12.9. The molecule has 1 aliphatic rings. The van der Waals surface area contributed by atoms with Gasteiger partial charge in [0.1, 0.15) is 5.75 Å². The van der Waals surface area contributed by atoms with Gasteiger partial charge in [0.05, 0.1) is 13.7 Å². The van der Waals surface area contributed by atoms with Gasteiger partial charge in [-0.2, -0.15) is 0 Å². The van der Waals surface area contributed by atoms with Crippen LogP contribution in [0.5, 0.6) is 5.75 Å². The highest BCUT2D eigenvalue weighted by molar-refractivity contribution is 5.94. The maximum absolute atomic E-state index is 12.1. The predicted octanol–water partition coefficient (Wildman–Crippen LogP) is 1.36. The van der Waals surface area contributed by atoms with E-state index in [0.29, 0.717) is 17.9 Å². The van der Waals surface area contributed by atoms with Crippen molar-refractivity contribution in [2.75, 3.05) is 20.2 Å². The molecule has 120 valence electrons. The first kappa shape index (κ1) is 16.3. The van der Waals surface area contributed by atoms with E-state index in [1.54, 1.807) is 31.4 Å². The summed E-state index contributed by atoms with van der Waals surface area (Å²) in [6.07, 6.45) is 1.59. The van der Waals surface area contributed by atoms with Crippen molar-refractivity contribution in [3.8, 4) is 5.75 Å². The van der Waals surface area contributed by atoms with Crippen LogP contribution in [0.3, 0.4) is 0 Å². The fourth-order valence-electron chi connectivity index (χ4n) is 2.69. The Morgan fingerprint density at radius 3 is 2.45 bits per heavy atom. The number of rotatable bonds is 7. The van der Waals surface area contributed by atoms with Gasteiger partial charge in [0.2, 0.25) is 0 Å². The molecule has 0 bridgehead atoms. The lowest BCUT2D eigenvalue weighted by molar-refractivity contribution is -0.139. The SMILES string of the molecule is CCN(CC(=O)O)C1CC(NC(=O)c2ccc(OC)cc2)C1. The van der Waals surface area contributed by atoms with Crippen LogP contribution < -0.4 is 10.1 Å². The third-order valence-electron chi connectivity index (χ3n) is 4.06. The highest BCUT2D eigenvalue weighted by atomic mass is 16.5. The molecule has 1 saturated carbocycles. The Hall–Kier alpha value is -2.08. The second-order valence-electron chi connectivity index (χ2n) is 5.48. The number of carboxylic acids is 1. The van der Waals surface area contributed by atoms with Crippen molar-refractivity contribution in [2.24, 2.45) is 0 Å². The van der Waals surface area contributed by atoms with E-state index in [0.717, 1.165) is 12.8 Å². The van der Waals surface area contributed by atoms with Gasteiger partial charge in [0, 0.05) is 17.6 Å². The van der Waals surface area contributed by atoms with Crippen molar-refractivity contribution < 1.29 is 19.4 Å². The molecule has 0 unspecified atom stereocenters. The van der Waals surface area contributed by atoms with Gasteiger partial charge >= 0.3 is 5.97 Å². The molecule has 2 rings (SSSR count). The lowest BCUT2D eigenvalue weighted by Gasteiger charge is -2.42. The summed E-state index contributed by atoms with van der Waals surface area (Å²) in [5, 5.41) is 11.8. The summed E-state index contributed by atoms with van der Waals surface area (Å²) in [4.78, 5) is 24.8. The van der Waals surface area contributed by atoms with Crippen LogP contribution in [-0.4, -0.2) is 54.2 Å². The number of nitrogens with zero attached hydrogens (tertiary/aromatic N) is 1. The minimum Gasteiger partial charge on any atom is -0.497 e. The number of amides is 1. The molecule has 0 radical (unpaired) electrons. The lowest BCUT2D eigenvalue weighted by Crippen LogP contribution is -2.54. The van der Waals surface area contributed by atoms with Gasteiger partial charge in [-0.3, -0.25) is 14.5 Å². The van der Waals surface area contributed by atoms with Crippen molar-refractivity contribution in [3.63, 3.8) is 0 Å². The maximum Gasteiger partial charge on any atom is 0.317 e. The topological polar surface area (TPSA) is 78.9 Å². The van der Waals surface area contributed by atoms with E-state index in [-0.39, 0.29) is 24.5 Å². The average Bonchev–Trinajstić information content (AvgIpc) is 2.48. The van der Waals surface area contributed by atoms with E-state index in [9.17, 15) is 9.59 Å². The minimum atomic E-state index is -0.812. The van der Waals surface area contributed by atoms with Crippen LogP contribution in [0.15, 0.2) is 24.3 Å². The Bertz CT molecular complexity index is 523. The summed E-state index contributed by atoms with van der Waals surface area (Å²) in [6.45, 7) is 2.71. The van der Waals surface area contributed by atoms with E-state index < -0.39 is 5.97 Å². The van der Waals surface area contributed by atoms with Crippen LogP contribution >= 0.6 is 0 Å². The molecule has 0 atom stereocenters. The summed E-state index contributed by atoms with van der Waals surface area (Å²) >= 11 is 0. The van der Waals surface area contributed by atoms with Crippen molar-refractivity contribution >= 4 is 11.9 Å². The van der Waals surface area contributed by atoms with E-state index in [2.05, 4.69) is 5.32 Å². The lowest BCUT2D eigenvalue weighted by atomic mass is 9.85. The molecule has 0 aromatic heterocycles. The third kappa shape index (κ3) is 3.98. The van der Waals surface area contributed by atoms with E-state index in [1.165, 1.54) is 0 Å². The first-order valence-electron chi connectivity index (χ1n) is 7.44. The van der Waals surface area contributed by atoms with Crippen LogP contribution in [0.4, 0.5) is 0 Å². The van der Waals surface area contributed by atoms with Gasteiger partial charge in [0.25, 0.3) is 5.91 Å². The number of carbonyl (C=O) groups excluding carboxylic acids is 1. The number of ether oxygens (including phenoxy) is 1. The second kappa shape index (κ2) is 7.26. The fraction of sp³-hybridized carbons (Fsp3) is 0.500. The van der Waals surface area contributed by atoms with Crippen LogP contribution in [0.25, 0.3) is 0 Å². The van der Waals surface area contributed by atoms with Crippen LogP contribution in [0.2, 0.25) is 0 Å². The van der Waals surface area contributed by atoms with Gasteiger partial charge in [-0.05, 0) is 43.7 Å². The van der Waals surface area contributed by atoms with E-state index in [4.69, 9.17) is 9.84 Å². The second-order valence-corrected chi connectivity index (χ2v) is 5.48. The van der Waals surface area contributed by atoms with Gasteiger partial charge < -0.3 is 15.2 Å². The van der Waals surface area contributed by atoms with Crippen LogP contribution in [0, 0.1) is 0 Å². The Morgan fingerprint density at radius 2 is 1.95 bits per heavy atom. The van der Waals surface area contributed by atoms with Crippen molar-refractivity contribution in [2.45, 2.75) is 31.8 Å². The molecule has 0 aliphatic heterocycles. The molecule has 0 heterocycles. The zero-order chi connectivity index (χ0) is 16.1. The molecule has 1 amide bonds. The number of methoxy groups -OCH3 is 1. The highest BCUT2D eigenvalue weighted by Gasteiger charge is 2.34. The van der Waals surface area contributed by atoms with Crippen molar-refractivity contribution in [3.05, 3.63) is 29.8 Å². The number of carbonyl (C=O) groups is 2.